The number of fused-ring (bicyclic) bond motifs is 1. The Bertz CT molecular complexity index is 648. The number of aromatic nitrogens is 2. The molecule has 1 aliphatic rings. The van der Waals surface area contributed by atoms with Crippen LogP contribution in [0.15, 0.2) is 17.8 Å². The van der Waals surface area contributed by atoms with Crippen molar-refractivity contribution in [3.8, 4) is 0 Å². The number of rotatable bonds is 3. The van der Waals surface area contributed by atoms with Crippen LogP contribution in [0.1, 0.15) is 18.5 Å². The number of aliphatic carboxylic acids is 1. The Labute approximate surface area is 119 Å². The molecule has 1 N–H and O–H groups in total. The van der Waals surface area contributed by atoms with E-state index in [9.17, 15) is 9.59 Å². The van der Waals surface area contributed by atoms with Gasteiger partial charge in [0, 0.05) is 36.6 Å². The van der Waals surface area contributed by atoms with Gasteiger partial charge in [0.25, 0.3) is 0 Å². The van der Waals surface area contributed by atoms with Crippen molar-refractivity contribution in [3.63, 3.8) is 0 Å². The molecule has 2 aromatic heterocycles. The fourth-order valence-corrected chi connectivity index (χ4v) is 3.42. The van der Waals surface area contributed by atoms with Gasteiger partial charge in [0.2, 0.25) is 5.91 Å². The minimum Gasteiger partial charge on any atom is -0.481 e. The van der Waals surface area contributed by atoms with Gasteiger partial charge in [-0.15, -0.1) is 11.3 Å². The fraction of sp³-hybridized carbons (Fsp3) is 0.462. The lowest BCUT2D eigenvalue weighted by molar-refractivity contribution is -0.145. The third-order valence-electron chi connectivity index (χ3n) is 3.67. The highest BCUT2D eigenvalue weighted by Gasteiger charge is 2.28. The quantitative estimate of drug-likeness (QED) is 0.924. The molecule has 3 rings (SSSR count). The van der Waals surface area contributed by atoms with E-state index in [4.69, 9.17) is 5.11 Å². The van der Waals surface area contributed by atoms with E-state index < -0.39 is 11.9 Å². The maximum atomic E-state index is 12.3. The molecule has 1 atom stereocenters. The van der Waals surface area contributed by atoms with Crippen LogP contribution in [0.4, 0.5) is 0 Å². The average Bonchev–Trinajstić information content (AvgIpc) is 3.04. The Balaban J connectivity index is 1.70. The lowest BCUT2D eigenvalue weighted by Gasteiger charge is -2.30. The summed E-state index contributed by atoms with van der Waals surface area (Å²) in [5.74, 6) is -1.25. The van der Waals surface area contributed by atoms with Crippen LogP contribution in [-0.2, 0) is 16.0 Å². The van der Waals surface area contributed by atoms with E-state index in [1.807, 2.05) is 16.0 Å². The highest BCUT2D eigenvalue weighted by molar-refractivity contribution is 7.15. The van der Waals surface area contributed by atoms with E-state index in [-0.39, 0.29) is 5.91 Å². The van der Waals surface area contributed by atoms with Gasteiger partial charge in [-0.1, -0.05) is 0 Å². The van der Waals surface area contributed by atoms with Gasteiger partial charge in [-0.2, -0.15) is 0 Å². The maximum absolute atomic E-state index is 12.3. The van der Waals surface area contributed by atoms with Gasteiger partial charge in [0.15, 0.2) is 4.96 Å². The van der Waals surface area contributed by atoms with Gasteiger partial charge >= 0.3 is 5.97 Å². The molecule has 106 valence electrons. The highest BCUT2D eigenvalue weighted by atomic mass is 32.1. The second-order valence-corrected chi connectivity index (χ2v) is 5.84. The molecule has 0 saturated carbocycles. The summed E-state index contributed by atoms with van der Waals surface area (Å²) < 4.78 is 1.90. The number of carboxylic acid groups (broad SMARTS) is 1. The summed E-state index contributed by atoms with van der Waals surface area (Å²) in [4.78, 5) is 30.0. The van der Waals surface area contributed by atoms with Crippen molar-refractivity contribution in [2.75, 3.05) is 13.1 Å². The van der Waals surface area contributed by atoms with Gasteiger partial charge in [0.05, 0.1) is 12.3 Å². The standard InChI is InChI=1S/C13H15N3O3S/c17-11(15-4-1-2-9(7-15)12(18)19)6-10-8-20-13-14-3-5-16(10)13/h3,5,8-9H,1-2,4,6-7H2,(H,18,19). The van der Waals surface area contributed by atoms with Crippen LogP contribution in [-0.4, -0.2) is 44.4 Å². The number of thiazole rings is 1. The molecule has 1 saturated heterocycles. The van der Waals surface area contributed by atoms with Gasteiger partial charge in [-0.05, 0) is 12.8 Å². The number of hydrogen-bond donors (Lipinski definition) is 1. The predicted octanol–water partition coefficient (Wildman–Crippen LogP) is 1.26. The largest absolute Gasteiger partial charge is 0.481 e. The minimum atomic E-state index is -0.810. The predicted molar refractivity (Wildman–Crippen MR) is 73.7 cm³/mol. The molecule has 2 aromatic rings. The van der Waals surface area contributed by atoms with E-state index in [0.29, 0.717) is 25.9 Å². The molecule has 20 heavy (non-hydrogen) atoms. The van der Waals surface area contributed by atoms with Crippen LogP contribution in [0.3, 0.4) is 0 Å². The molecule has 0 radical (unpaired) electrons. The minimum absolute atomic E-state index is 0.00986. The number of likely N-dealkylation sites (tertiary alicyclic amines) is 1. The van der Waals surface area contributed by atoms with Crippen molar-refractivity contribution in [2.45, 2.75) is 19.3 Å². The number of hydrogen-bond acceptors (Lipinski definition) is 4. The Morgan fingerprint density at radius 2 is 2.35 bits per heavy atom. The van der Waals surface area contributed by atoms with Crippen LogP contribution in [0.25, 0.3) is 4.96 Å². The molecule has 3 heterocycles. The fourth-order valence-electron chi connectivity index (χ4n) is 2.57. The zero-order chi connectivity index (χ0) is 14.1. The molecular weight excluding hydrogens is 278 g/mol. The number of imidazole rings is 1. The Kier molecular flexibility index (Phi) is 3.43. The maximum Gasteiger partial charge on any atom is 0.308 e. The van der Waals surface area contributed by atoms with Crippen LogP contribution in [0.2, 0.25) is 0 Å². The number of carboxylic acids is 1. The molecule has 1 aliphatic heterocycles. The third kappa shape index (κ3) is 2.40. The zero-order valence-electron chi connectivity index (χ0n) is 10.9. The molecule has 7 heteroatoms. The molecule has 0 bridgehead atoms. The number of nitrogens with zero attached hydrogens (tertiary/aromatic N) is 3. The van der Waals surface area contributed by atoms with Gasteiger partial charge in [0.1, 0.15) is 0 Å². The molecule has 1 amide bonds. The number of carbonyl (C=O) groups is 2. The number of carbonyl (C=O) groups excluding carboxylic acids is 1. The monoisotopic (exact) mass is 293 g/mol. The van der Waals surface area contributed by atoms with Gasteiger partial charge < -0.3 is 10.0 Å². The van der Waals surface area contributed by atoms with Gasteiger partial charge in [-0.25, -0.2) is 4.98 Å². The van der Waals surface area contributed by atoms with Crippen LogP contribution >= 0.6 is 11.3 Å². The zero-order valence-corrected chi connectivity index (χ0v) is 11.7. The molecule has 0 aromatic carbocycles. The second kappa shape index (κ2) is 5.24. The lowest BCUT2D eigenvalue weighted by atomic mass is 9.98. The summed E-state index contributed by atoms with van der Waals surface area (Å²) in [6, 6.07) is 0. The molecule has 6 nitrogen and oxygen atoms in total. The van der Waals surface area contributed by atoms with Crippen molar-refractivity contribution in [1.29, 1.82) is 0 Å². The Morgan fingerprint density at radius 1 is 1.50 bits per heavy atom. The van der Waals surface area contributed by atoms with Crippen LogP contribution in [0, 0.1) is 5.92 Å². The van der Waals surface area contributed by atoms with Crippen LogP contribution < -0.4 is 0 Å². The summed E-state index contributed by atoms with van der Waals surface area (Å²) in [5.41, 5.74) is 0.907. The normalized spacial score (nSPS) is 19.4. The topological polar surface area (TPSA) is 74.9 Å². The van der Waals surface area contributed by atoms with Crippen molar-refractivity contribution < 1.29 is 14.7 Å². The number of amides is 1. The van der Waals surface area contributed by atoms with E-state index >= 15 is 0 Å². The van der Waals surface area contributed by atoms with Crippen molar-refractivity contribution >= 4 is 28.2 Å². The molecule has 0 aliphatic carbocycles. The van der Waals surface area contributed by atoms with Gasteiger partial charge in [-0.3, -0.25) is 14.0 Å². The SMILES string of the molecule is O=C(O)C1CCCN(C(=O)Cc2csc3nccn23)C1. The van der Waals surface area contributed by atoms with E-state index in [2.05, 4.69) is 4.98 Å². The molecule has 1 unspecified atom stereocenters. The first-order valence-electron chi connectivity index (χ1n) is 6.55. The third-order valence-corrected chi connectivity index (χ3v) is 4.58. The Morgan fingerprint density at radius 3 is 3.15 bits per heavy atom. The summed E-state index contributed by atoms with van der Waals surface area (Å²) in [6.45, 7) is 0.977. The first kappa shape index (κ1) is 13.1. The highest BCUT2D eigenvalue weighted by Crippen LogP contribution is 2.19. The molecule has 0 spiro atoms. The molecule has 1 fully saturated rings. The summed E-state index contributed by atoms with van der Waals surface area (Å²) in [6.07, 6.45) is 5.25. The average molecular weight is 293 g/mol. The smallest absolute Gasteiger partial charge is 0.308 e. The van der Waals surface area contributed by atoms with Crippen LogP contribution in [0.5, 0.6) is 0 Å². The lowest BCUT2D eigenvalue weighted by Crippen LogP contribution is -2.43. The Hall–Kier alpha value is -1.89. The van der Waals surface area contributed by atoms with E-state index in [1.54, 1.807) is 11.1 Å². The van der Waals surface area contributed by atoms with Crippen molar-refractivity contribution in [2.24, 2.45) is 5.92 Å². The summed E-state index contributed by atoms with van der Waals surface area (Å²) in [5, 5.41) is 11.0. The van der Waals surface area contributed by atoms with E-state index in [1.165, 1.54) is 11.3 Å². The summed E-state index contributed by atoms with van der Waals surface area (Å²) >= 11 is 1.50. The van der Waals surface area contributed by atoms with E-state index in [0.717, 1.165) is 17.1 Å². The second-order valence-electron chi connectivity index (χ2n) is 5.00. The molecular formula is C13H15N3O3S. The summed E-state index contributed by atoms with van der Waals surface area (Å²) in [7, 11) is 0. The van der Waals surface area contributed by atoms with Crippen molar-refractivity contribution in [3.05, 3.63) is 23.5 Å². The van der Waals surface area contributed by atoms with Crippen molar-refractivity contribution in [1.82, 2.24) is 14.3 Å². The first-order chi connectivity index (χ1) is 9.65. The first-order valence-corrected chi connectivity index (χ1v) is 7.43. The number of piperidine rings is 1.